The van der Waals surface area contributed by atoms with Crippen LogP contribution in [0.5, 0.6) is 0 Å². The van der Waals surface area contributed by atoms with Gasteiger partial charge in [0.05, 0.1) is 11.1 Å². The van der Waals surface area contributed by atoms with Crippen molar-refractivity contribution in [2.24, 2.45) is 0 Å². The molecular formula is C24H30FN3OS2. The van der Waals surface area contributed by atoms with Crippen molar-refractivity contribution < 1.29 is 9.18 Å². The smallest absolute Gasteiger partial charge is 0.233 e. The number of hydrogen-bond donors (Lipinski definition) is 0. The third kappa shape index (κ3) is 6.28. The maximum Gasteiger partial charge on any atom is 0.233 e. The minimum atomic E-state index is -0.352. The normalized spacial score (nSPS) is 11.6. The Hall–Kier alpha value is -1.96. The van der Waals surface area contributed by atoms with E-state index in [0.717, 1.165) is 29.9 Å². The summed E-state index contributed by atoms with van der Waals surface area (Å²) < 4.78 is 14.9. The molecule has 0 saturated carbocycles. The first kappa shape index (κ1) is 23.7. The number of nitrogens with zero attached hydrogens (tertiary/aromatic N) is 3. The minimum absolute atomic E-state index is 0.0177. The third-order valence-electron chi connectivity index (χ3n) is 5.08. The molecule has 0 aliphatic carbocycles. The van der Waals surface area contributed by atoms with Gasteiger partial charge in [-0.1, -0.05) is 57.2 Å². The zero-order valence-corrected chi connectivity index (χ0v) is 20.2. The van der Waals surface area contributed by atoms with Gasteiger partial charge >= 0.3 is 0 Å². The van der Waals surface area contributed by atoms with Crippen LogP contribution in [0.3, 0.4) is 0 Å². The number of rotatable bonds is 10. The lowest BCUT2D eigenvalue weighted by molar-refractivity contribution is -0.118. The Labute approximate surface area is 192 Å². The minimum Gasteiger partial charge on any atom is -0.302 e. The van der Waals surface area contributed by atoms with E-state index in [9.17, 15) is 9.18 Å². The maximum atomic E-state index is 14.2. The van der Waals surface area contributed by atoms with Crippen LogP contribution >= 0.6 is 23.1 Å². The molecule has 2 aromatic carbocycles. The second-order valence-electron chi connectivity index (χ2n) is 7.64. The number of aromatic nitrogens is 1. The molecule has 0 aliphatic rings. The van der Waals surface area contributed by atoms with Crippen LogP contribution in [-0.2, 0) is 11.2 Å². The lowest BCUT2D eigenvalue weighted by atomic mass is 10.1. The Morgan fingerprint density at radius 1 is 1.10 bits per heavy atom. The molecule has 0 bridgehead atoms. The van der Waals surface area contributed by atoms with Crippen molar-refractivity contribution >= 4 is 44.4 Å². The highest BCUT2D eigenvalue weighted by atomic mass is 32.2. The second kappa shape index (κ2) is 11.1. The zero-order chi connectivity index (χ0) is 22.4. The maximum absolute atomic E-state index is 14.2. The number of likely N-dealkylation sites (N-methyl/N-ethyl adjacent to an activating group) is 1. The number of anilines is 1. The fraction of sp³-hybridized carbons (Fsp3) is 0.417. The highest BCUT2D eigenvalue weighted by molar-refractivity contribution is 7.99. The Morgan fingerprint density at radius 2 is 1.81 bits per heavy atom. The van der Waals surface area contributed by atoms with Gasteiger partial charge in [0.15, 0.2) is 5.13 Å². The summed E-state index contributed by atoms with van der Waals surface area (Å²) in [4.78, 5) is 23.0. The van der Waals surface area contributed by atoms with Crippen molar-refractivity contribution in [3.63, 3.8) is 0 Å². The van der Waals surface area contributed by atoms with E-state index in [1.165, 1.54) is 22.3 Å². The lowest BCUT2D eigenvalue weighted by Gasteiger charge is -2.24. The van der Waals surface area contributed by atoms with Crippen molar-refractivity contribution in [2.45, 2.75) is 44.3 Å². The van der Waals surface area contributed by atoms with E-state index < -0.39 is 0 Å². The van der Waals surface area contributed by atoms with E-state index >= 15 is 0 Å². The second-order valence-corrected chi connectivity index (χ2v) is 10.3. The van der Waals surface area contributed by atoms with Gasteiger partial charge in [0, 0.05) is 23.2 Å². The van der Waals surface area contributed by atoms with Gasteiger partial charge in [-0.05, 0) is 42.9 Å². The van der Waals surface area contributed by atoms with Crippen LogP contribution in [0.1, 0.15) is 33.3 Å². The molecule has 0 unspecified atom stereocenters. The van der Waals surface area contributed by atoms with E-state index in [-0.39, 0.29) is 11.7 Å². The number of thioether (sulfide) groups is 1. The van der Waals surface area contributed by atoms with Crippen LogP contribution < -0.4 is 4.90 Å². The topological polar surface area (TPSA) is 36.4 Å². The summed E-state index contributed by atoms with van der Waals surface area (Å²) in [7, 11) is 0. The van der Waals surface area contributed by atoms with Crippen molar-refractivity contribution in [3.8, 4) is 0 Å². The van der Waals surface area contributed by atoms with E-state index in [1.54, 1.807) is 22.7 Å². The SMILES string of the molecule is CCN(CC)CCN(C(=O)Cc1ccc(SC(C)C)cc1)c1nc2c(F)cccc2s1. The van der Waals surface area contributed by atoms with Crippen LogP contribution in [-0.4, -0.2) is 47.2 Å². The molecule has 1 amide bonds. The fourth-order valence-corrected chi connectivity index (χ4v) is 5.22. The first-order valence-corrected chi connectivity index (χ1v) is 12.4. The number of fused-ring (bicyclic) bond motifs is 1. The molecule has 0 aliphatic heterocycles. The van der Waals surface area contributed by atoms with Crippen LogP contribution in [0.25, 0.3) is 10.2 Å². The quantitative estimate of drug-likeness (QED) is 0.356. The fourth-order valence-electron chi connectivity index (χ4n) is 3.36. The molecule has 0 saturated heterocycles. The summed E-state index contributed by atoms with van der Waals surface area (Å²) in [5.74, 6) is -0.370. The van der Waals surface area contributed by atoms with Crippen molar-refractivity contribution in [2.75, 3.05) is 31.1 Å². The Balaban J connectivity index is 1.82. The molecule has 0 radical (unpaired) electrons. The van der Waals surface area contributed by atoms with Gasteiger partial charge < -0.3 is 4.90 Å². The van der Waals surface area contributed by atoms with Gasteiger partial charge in [0.25, 0.3) is 0 Å². The van der Waals surface area contributed by atoms with Crippen LogP contribution in [0.2, 0.25) is 0 Å². The van der Waals surface area contributed by atoms with Gasteiger partial charge in [-0.25, -0.2) is 9.37 Å². The largest absolute Gasteiger partial charge is 0.302 e. The summed E-state index contributed by atoms with van der Waals surface area (Å²) in [6.45, 7) is 11.7. The number of para-hydroxylation sites is 1. The molecule has 0 N–H and O–H groups in total. The van der Waals surface area contributed by atoms with E-state index in [0.29, 0.717) is 28.9 Å². The molecule has 1 heterocycles. The van der Waals surface area contributed by atoms with Crippen LogP contribution in [0.15, 0.2) is 47.4 Å². The third-order valence-corrected chi connectivity index (χ3v) is 7.13. The van der Waals surface area contributed by atoms with Crippen molar-refractivity contribution in [1.82, 2.24) is 9.88 Å². The molecule has 1 aromatic heterocycles. The summed E-state index contributed by atoms with van der Waals surface area (Å²) in [5, 5.41) is 1.08. The van der Waals surface area contributed by atoms with E-state index in [2.05, 4.69) is 49.7 Å². The van der Waals surface area contributed by atoms with Gasteiger partial charge in [0.1, 0.15) is 11.3 Å². The number of amides is 1. The Kier molecular flexibility index (Phi) is 8.46. The Morgan fingerprint density at radius 3 is 2.42 bits per heavy atom. The number of benzene rings is 2. The van der Waals surface area contributed by atoms with Crippen LogP contribution in [0.4, 0.5) is 9.52 Å². The molecular weight excluding hydrogens is 429 g/mol. The predicted molar refractivity (Wildman–Crippen MR) is 131 cm³/mol. The number of halogens is 1. The van der Waals surface area contributed by atoms with Gasteiger partial charge in [-0.15, -0.1) is 11.8 Å². The molecule has 31 heavy (non-hydrogen) atoms. The lowest BCUT2D eigenvalue weighted by Crippen LogP contribution is -2.39. The molecule has 4 nitrogen and oxygen atoms in total. The molecule has 7 heteroatoms. The van der Waals surface area contributed by atoms with Crippen LogP contribution in [0, 0.1) is 5.82 Å². The predicted octanol–water partition coefficient (Wildman–Crippen LogP) is 5.85. The van der Waals surface area contributed by atoms with Gasteiger partial charge in [0.2, 0.25) is 5.91 Å². The van der Waals surface area contributed by atoms with Gasteiger partial charge in [-0.3, -0.25) is 9.69 Å². The Bertz CT molecular complexity index is 1000. The summed E-state index contributed by atoms with van der Waals surface area (Å²) >= 11 is 3.17. The number of thiazole rings is 1. The van der Waals surface area contributed by atoms with E-state index in [4.69, 9.17) is 0 Å². The summed E-state index contributed by atoms with van der Waals surface area (Å²) in [6.07, 6.45) is 0.295. The number of hydrogen-bond acceptors (Lipinski definition) is 5. The van der Waals surface area contributed by atoms with Crippen molar-refractivity contribution in [1.29, 1.82) is 0 Å². The first-order chi connectivity index (χ1) is 14.9. The molecule has 166 valence electrons. The van der Waals surface area contributed by atoms with Crippen molar-refractivity contribution in [3.05, 3.63) is 53.8 Å². The summed E-state index contributed by atoms with van der Waals surface area (Å²) in [6, 6.07) is 13.1. The molecule has 0 spiro atoms. The molecule has 0 atom stereocenters. The first-order valence-electron chi connectivity index (χ1n) is 10.7. The number of carbonyl (C=O) groups is 1. The summed E-state index contributed by atoms with van der Waals surface area (Å²) in [5.41, 5.74) is 1.30. The molecule has 3 aromatic rings. The number of carbonyl (C=O) groups excluding carboxylic acids is 1. The highest BCUT2D eigenvalue weighted by Gasteiger charge is 2.21. The monoisotopic (exact) mass is 459 g/mol. The average molecular weight is 460 g/mol. The highest BCUT2D eigenvalue weighted by Crippen LogP contribution is 2.31. The van der Waals surface area contributed by atoms with E-state index in [1.807, 2.05) is 18.2 Å². The molecule has 3 rings (SSSR count). The average Bonchev–Trinajstić information content (AvgIpc) is 3.17. The standard InChI is InChI=1S/C24H30FN3OS2/c1-5-27(6-2)14-15-28(24-26-23-20(25)8-7-9-21(23)31-24)22(29)16-18-10-12-19(13-11-18)30-17(3)4/h7-13,17H,5-6,14-16H2,1-4H3. The van der Waals surface area contributed by atoms with Gasteiger partial charge in [-0.2, -0.15) is 0 Å². The molecule has 0 fully saturated rings. The zero-order valence-electron chi connectivity index (χ0n) is 18.6.